The SMILES string of the molecule is COC(=O)c1ccccc1C(Br)C[C@@H](OC(C)=O)c1cccc(/C=C/c2ccc3ccc(Cl)cc3n2)c1. The minimum atomic E-state index is -0.526. The third-order valence-electron chi connectivity index (χ3n) is 5.84. The molecule has 0 spiro atoms. The molecule has 0 aliphatic rings. The normalized spacial score (nSPS) is 12.9. The third kappa shape index (κ3) is 6.85. The Bertz CT molecular complexity index is 1470. The number of rotatable bonds is 8. The predicted octanol–water partition coefficient (Wildman–Crippen LogP) is 7.98. The first kappa shape index (κ1) is 26.6. The van der Waals surface area contributed by atoms with Crippen LogP contribution in [-0.4, -0.2) is 24.0 Å². The first-order chi connectivity index (χ1) is 17.8. The molecule has 0 bridgehead atoms. The van der Waals surface area contributed by atoms with E-state index in [0.29, 0.717) is 17.0 Å². The van der Waals surface area contributed by atoms with Crippen LogP contribution in [0, 0.1) is 0 Å². The second-order valence-corrected chi connectivity index (χ2v) is 10.00. The Morgan fingerprint density at radius 2 is 1.78 bits per heavy atom. The van der Waals surface area contributed by atoms with E-state index in [9.17, 15) is 9.59 Å². The Labute approximate surface area is 229 Å². The number of carbonyl (C=O) groups is 2. The van der Waals surface area contributed by atoms with E-state index in [4.69, 9.17) is 21.1 Å². The van der Waals surface area contributed by atoms with Crippen LogP contribution in [0.3, 0.4) is 0 Å². The minimum absolute atomic E-state index is 0.250. The number of ether oxygens (including phenoxy) is 2. The van der Waals surface area contributed by atoms with Gasteiger partial charge in [0.1, 0.15) is 6.10 Å². The number of hydrogen-bond donors (Lipinski definition) is 0. The Morgan fingerprint density at radius 1 is 1.00 bits per heavy atom. The van der Waals surface area contributed by atoms with Gasteiger partial charge >= 0.3 is 11.9 Å². The van der Waals surface area contributed by atoms with Crippen molar-refractivity contribution in [1.82, 2.24) is 4.98 Å². The van der Waals surface area contributed by atoms with Gasteiger partial charge in [-0.05, 0) is 53.1 Å². The van der Waals surface area contributed by atoms with Crippen molar-refractivity contribution < 1.29 is 19.1 Å². The highest BCUT2D eigenvalue weighted by molar-refractivity contribution is 9.09. The molecule has 5 nitrogen and oxygen atoms in total. The van der Waals surface area contributed by atoms with Crippen molar-refractivity contribution in [3.8, 4) is 0 Å². The molecule has 4 aromatic rings. The predicted molar refractivity (Wildman–Crippen MR) is 151 cm³/mol. The van der Waals surface area contributed by atoms with E-state index in [1.807, 2.05) is 78.9 Å². The lowest BCUT2D eigenvalue weighted by Crippen LogP contribution is -2.13. The highest BCUT2D eigenvalue weighted by atomic mass is 79.9. The Kier molecular flexibility index (Phi) is 8.74. The summed E-state index contributed by atoms with van der Waals surface area (Å²) >= 11 is 9.81. The number of benzene rings is 3. The highest BCUT2D eigenvalue weighted by Crippen LogP contribution is 2.37. The minimum Gasteiger partial charge on any atom is -0.465 e. The van der Waals surface area contributed by atoms with Crippen molar-refractivity contribution in [2.75, 3.05) is 7.11 Å². The van der Waals surface area contributed by atoms with Gasteiger partial charge in [0.15, 0.2) is 0 Å². The summed E-state index contributed by atoms with van der Waals surface area (Å²) in [4.78, 5) is 28.6. The number of fused-ring (bicyclic) bond motifs is 1. The van der Waals surface area contributed by atoms with Crippen LogP contribution in [0.25, 0.3) is 23.1 Å². The zero-order valence-electron chi connectivity index (χ0n) is 20.4. The fourth-order valence-electron chi connectivity index (χ4n) is 4.08. The van der Waals surface area contributed by atoms with Gasteiger partial charge in [-0.25, -0.2) is 9.78 Å². The molecule has 0 saturated heterocycles. The maximum absolute atomic E-state index is 12.2. The maximum Gasteiger partial charge on any atom is 0.338 e. The van der Waals surface area contributed by atoms with Gasteiger partial charge in [-0.15, -0.1) is 0 Å². The summed E-state index contributed by atoms with van der Waals surface area (Å²) in [6.45, 7) is 1.39. The van der Waals surface area contributed by atoms with E-state index in [2.05, 4.69) is 20.9 Å². The molecular weight excluding hydrogens is 554 g/mol. The zero-order valence-corrected chi connectivity index (χ0v) is 22.7. The molecule has 0 aliphatic heterocycles. The van der Waals surface area contributed by atoms with Crippen molar-refractivity contribution in [2.45, 2.75) is 24.3 Å². The van der Waals surface area contributed by atoms with Crippen molar-refractivity contribution in [1.29, 1.82) is 0 Å². The van der Waals surface area contributed by atoms with Gasteiger partial charge < -0.3 is 9.47 Å². The molecule has 1 unspecified atom stereocenters. The molecule has 0 aliphatic carbocycles. The van der Waals surface area contributed by atoms with E-state index in [-0.39, 0.29) is 10.8 Å². The number of carbonyl (C=O) groups excluding carboxylic acids is 2. The van der Waals surface area contributed by atoms with Gasteiger partial charge in [0.05, 0.1) is 23.9 Å². The van der Waals surface area contributed by atoms with Crippen molar-refractivity contribution >= 4 is 62.5 Å². The summed E-state index contributed by atoms with van der Waals surface area (Å²) in [6.07, 6.45) is 3.79. The van der Waals surface area contributed by atoms with Gasteiger partial charge in [0, 0.05) is 28.6 Å². The van der Waals surface area contributed by atoms with Crippen molar-refractivity contribution in [3.63, 3.8) is 0 Å². The molecule has 188 valence electrons. The summed E-state index contributed by atoms with van der Waals surface area (Å²) < 4.78 is 10.6. The molecule has 0 saturated carbocycles. The number of aromatic nitrogens is 1. The molecule has 0 radical (unpaired) electrons. The van der Waals surface area contributed by atoms with Crippen LogP contribution in [0.4, 0.5) is 0 Å². The second-order valence-electron chi connectivity index (χ2n) is 8.46. The van der Waals surface area contributed by atoms with Crippen LogP contribution < -0.4 is 0 Å². The summed E-state index contributed by atoms with van der Waals surface area (Å²) in [5.74, 6) is -0.799. The quantitative estimate of drug-likeness (QED) is 0.157. The molecule has 0 amide bonds. The van der Waals surface area contributed by atoms with Crippen LogP contribution in [-0.2, 0) is 14.3 Å². The van der Waals surface area contributed by atoms with Crippen LogP contribution >= 0.6 is 27.5 Å². The summed E-state index contributed by atoms with van der Waals surface area (Å²) in [5, 5.41) is 1.66. The molecule has 1 aromatic heterocycles. The maximum atomic E-state index is 12.2. The van der Waals surface area contributed by atoms with Crippen LogP contribution in [0.2, 0.25) is 5.02 Å². The summed E-state index contributed by atoms with van der Waals surface area (Å²) in [6, 6.07) is 24.6. The summed E-state index contributed by atoms with van der Waals surface area (Å²) in [7, 11) is 1.35. The number of hydrogen-bond acceptors (Lipinski definition) is 5. The van der Waals surface area contributed by atoms with Crippen molar-refractivity contribution in [2.24, 2.45) is 0 Å². The molecule has 2 atom stereocenters. The monoisotopic (exact) mass is 577 g/mol. The second kappa shape index (κ2) is 12.2. The number of pyridine rings is 1. The largest absolute Gasteiger partial charge is 0.465 e. The number of alkyl halides is 1. The molecular formula is C30H25BrClNO4. The Hall–Kier alpha value is -3.48. The zero-order chi connectivity index (χ0) is 26.4. The van der Waals surface area contributed by atoms with E-state index < -0.39 is 12.1 Å². The van der Waals surface area contributed by atoms with Crippen LogP contribution in [0.1, 0.15) is 57.0 Å². The first-order valence-electron chi connectivity index (χ1n) is 11.7. The smallest absolute Gasteiger partial charge is 0.338 e. The van der Waals surface area contributed by atoms with Gasteiger partial charge in [0.2, 0.25) is 0 Å². The Balaban J connectivity index is 1.58. The molecule has 0 N–H and O–H groups in total. The molecule has 7 heteroatoms. The average Bonchev–Trinajstić information content (AvgIpc) is 2.90. The highest BCUT2D eigenvalue weighted by Gasteiger charge is 2.24. The van der Waals surface area contributed by atoms with Crippen LogP contribution in [0.5, 0.6) is 0 Å². The molecule has 4 rings (SSSR count). The van der Waals surface area contributed by atoms with Crippen molar-refractivity contribution in [3.05, 3.63) is 112 Å². The topological polar surface area (TPSA) is 65.5 Å². The molecule has 1 heterocycles. The van der Waals surface area contributed by atoms with E-state index in [1.54, 1.807) is 12.1 Å². The fraction of sp³-hybridized carbons (Fsp3) is 0.167. The van der Waals surface area contributed by atoms with Crippen LogP contribution in [0.15, 0.2) is 78.9 Å². The first-order valence-corrected chi connectivity index (χ1v) is 13.0. The number of esters is 2. The lowest BCUT2D eigenvalue weighted by molar-refractivity contribution is -0.147. The van der Waals surface area contributed by atoms with Gasteiger partial charge in [-0.1, -0.05) is 82.1 Å². The average molecular weight is 579 g/mol. The molecule has 3 aromatic carbocycles. The Morgan fingerprint density at radius 3 is 2.57 bits per heavy atom. The lowest BCUT2D eigenvalue weighted by Gasteiger charge is -2.22. The fourth-order valence-corrected chi connectivity index (χ4v) is 4.98. The summed E-state index contributed by atoms with van der Waals surface area (Å²) in [5.41, 5.74) is 4.64. The third-order valence-corrected chi connectivity index (χ3v) is 6.94. The van der Waals surface area contributed by atoms with E-state index in [1.165, 1.54) is 14.0 Å². The standard InChI is InChI=1S/C30H25BrClNO4/c1-19(34)37-29(18-27(31)25-8-3-4-9-26(25)30(35)36-2)22-7-5-6-20(16-22)10-14-24-15-12-21-11-13-23(32)17-28(21)33-24/h3-17,27,29H,18H2,1-2H3/b14-10+/t27?,29-/m1/s1. The van der Waals surface area contributed by atoms with Gasteiger partial charge in [0.25, 0.3) is 0 Å². The lowest BCUT2D eigenvalue weighted by atomic mass is 9.96. The van der Waals surface area contributed by atoms with Gasteiger partial charge in [-0.3, -0.25) is 4.79 Å². The molecule has 37 heavy (non-hydrogen) atoms. The number of nitrogens with zero attached hydrogens (tertiary/aromatic N) is 1. The van der Waals surface area contributed by atoms with E-state index >= 15 is 0 Å². The van der Waals surface area contributed by atoms with Gasteiger partial charge in [-0.2, -0.15) is 0 Å². The van der Waals surface area contributed by atoms with E-state index in [0.717, 1.165) is 33.3 Å². The number of methoxy groups -OCH3 is 1. The number of halogens is 2. The molecule has 0 fully saturated rings.